The number of rotatable bonds is 5. The van der Waals surface area contributed by atoms with Crippen molar-refractivity contribution in [1.29, 1.82) is 0 Å². The van der Waals surface area contributed by atoms with Crippen LogP contribution >= 0.6 is 0 Å². The number of hydrogen-bond donors (Lipinski definition) is 1. The van der Waals surface area contributed by atoms with Crippen LogP contribution in [0.5, 0.6) is 0 Å². The molecule has 0 saturated carbocycles. The molecule has 6 nitrogen and oxygen atoms in total. The first kappa shape index (κ1) is 20.1. The molecule has 1 aliphatic heterocycles. The molecule has 1 aromatic heterocycles. The van der Waals surface area contributed by atoms with Crippen molar-refractivity contribution in [3.05, 3.63) is 53.5 Å². The van der Waals surface area contributed by atoms with Gasteiger partial charge in [-0.1, -0.05) is 19.9 Å². The summed E-state index contributed by atoms with van der Waals surface area (Å²) in [6.45, 7) is 10.8. The molecule has 1 aromatic carbocycles. The van der Waals surface area contributed by atoms with Crippen molar-refractivity contribution in [3.8, 4) is 0 Å². The average molecular weight is 383 g/mol. The van der Waals surface area contributed by atoms with Crippen LogP contribution in [0.25, 0.3) is 0 Å². The molecule has 0 atom stereocenters. The molecule has 0 bridgehead atoms. The second-order valence-electron chi connectivity index (χ2n) is 7.75. The van der Waals surface area contributed by atoms with Crippen LogP contribution in [0.3, 0.4) is 0 Å². The highest BCUT2D eigenvalue weighted by Crippen LogP contribution is 2.22. The van der Waals surface area contributed by atoms with E-state index in [0.717, 1.165) is 44.7 Å². The van der Waals surface area contributed by atoms with Crippen LogP contribution < -0.4 is 5.32 Å². The van der Waals surface area contributed by atoms with Crippen LogP contribution in [0.4, 0.5) is 5.69 Å². The first-order valence-electron chi connectivity index (χ1n) is 9.92. The molecule has 2 amide bonds. The van der Waals surface area contributed by atoms with E-state index in [4.69, 9.17) is 4.42 Å². The number of carbonyl (C=O) groups excluding carboxylic acids is 2. The van der Waals surface area contributed by atoms with Gasteiger partial charge in [0.15, 0.2) is 5.76 Å². The van der Waals surface area contributed by atoms with Crippen molar-refractivity contribution >= 4 is 17.5 Å². The van der Waals surface area contributed by atoms with Gasteiger partial charge < -0.3 is 19.5 Å². The highest BCUT2D eigenvalue weighted by atomic mass is 16.3. The minimum Gasteiger partial charge on any atom is -0.459 e. The monoisotopic (exact) mass is 383 g/mol. The summed E-state index contributed by atoms with van der Waals surface area (Å²) in [4.78, 5) is 29.8. The topological polar surface area (TPSA) is 65.8 Å². The fourth-order valence-corrected chi connectivity index (χ4v) is 3.64. The highest BCUT2D eigenvalue weighted by Gasteiger charge is 2.23. The predicted octanol–water partition coefficient (Wildman–Crippen LogP) is 3.64. The summed E-state index contributed by atoms with van der Waals surface area (Å²) >= 11 is 0. The summed E-state index contributed by atoms with van der Waals surface area (Å²) in [5.74, 6) is 0.572. The van der Waals surface area contributed by atoms with Gasteiger partial charge in [-0.2, -0.15) is 0 Å². The van der Waals surface area contributed by atoms with Gasteiger partial charge in [0.25, 0.3) is 11.8 Å². The zero-order valence-corrected chi connectivity index (χ0v) is 16.9. The SMILES string of the molecule is Cc1c(NC(=O)c2ccco2)cccc1C(=O)N1CCCN(CC(C)C)CC1. The van der Waals surface area contributed by atoms with Gasteiger partial charge in [0.2, 0.25) is 0 Å². The molecule has 6 heteroatoms. The molecule has 3 rings (SSSR count). The van der Waals surface area contributed by atoms with E-state index in [1.54, 1.807) is 24.3 Å². The highest BCUT2D eigenvalue weighted by molar-refractivity contribution is 6.04. The molecule has 28 heavy (non-hydrogen) atoms. The van der Waals surface area contributed by atoms with E-state index in [9.17, 15) is 9.59 Å². The zero-order chi connectivity index (χ0) is 20.1. The molecule has 2 heterocycles. The summed E-state index contributed by atoms with van der Waals surface area (Å²) in [6.07, 6.45) is 2.44. The number of carbonyl (C=O) groups is 2. The maximum atomic E-state index is 13.1. The van der Waals surface area contributed by atoms with E-state index in [1.165, 1.54) is 6.26 Å². The molecule has 0 unspecified atom stereocenters. The summed E-state index contributed by atoms with van der Waals surface area (Å²) in [7, 11) is 0. The fourth-order valence-electron chi connectivity index (χ4n) is 3.64. The molecule has 1 fully saturated rings. The van der Waals surface area contributed by atoms with Gasteiger partial charge in [-0.25, -0.2) is 0 Å². The Bertz CT molecular complexity index is 814. The van der Waals surface area contributed by atoms with Gasteiger partial charge in [0.05, 0.1) is 6.26 Å². The van der Waals surface area contributed by atoms with Gasteiger partial charge in [-0.05, 0) is 55.6 Å². The second kappa shape index (κ2) is 9.06. The van der Waals surface area contributed by atoms with E-state index in [1.807, 2.05) is 17.9 Å². The Balaban J connectivity index is 1.71. The number of hydrogen-bond acceptors (Lipinski definition) is 4. The standard InChI is InChI=1S/C22H29N3O3/c1-16(2)15-24-10-6-11-25(13-12-24)22(27)18-7-4-8-19(17(18)3)23-21(26)20-9-5-14-28-20/h4-5,7-9,14,16H,6,10-13,15H2,1-3H3,(H,23,26). The third-order valence-corrected chi connectivity index (χ3v) is 5.06. The average Bonchev–Trinajstić information content (AvgIpc) is 3.10. The number of anilines is 1. The smallest absolute Gasteiger partial charge is 0.291 e. The molecule has 0 radical (unpaired) electrons. The first-order valence-corrected chi connectivity index (χ1v) is 9.92. The molecule has 1 N–H and O–H groups in total. The molecule has 0 spiro atoms. The molecule has 1 saturated heterocycles. The lowest BCUT2D eigenvalue weighted by Crippen LogP contribution is -2.36. The third-order valence-electron chi connectivity index (χ3n) is 5.06. The van der Waals surface area contributed by atoms with Crippen molar-refractivity contribution in [2.45, 2.75) is 27.2 Å². The van der Waals surface area contributed by atoms with E-state index in [0.29, 0.717) is 17.2 Å². The number of amides is 2. The molecule has 2 aromatic rings. The van der Waals surface area contributed by atoms with E-state index >= 15 is 0 Å². The normalized spacial score (nSPS) is 15.5. The Hall–Kier alpha value is -2.60. The zero-order valence-electron chi connectivity index (χ0n) is 16.9. The van der Waals surface area contributed by atoms with Crippen LogP contribution in [0, 0.1) is 12.8 Å². The Labute approximate surface area is 166 Å². The van der Waals surface area contributed by atoms with Gasteiger partial charge in [0, 0.05) is 37.4 Å². The van der Waals surface area contributed by atoms with Gasteiger partial charge in [-0.15, -0.1) is 0 Å². The van der Waals surface area contributed by atoms with Crippen LogP contribution in [-0.4, -0.2) is 54.3 Å². The lowest BCUT2D eigenvalue weighted by molar-refractivity contribution is 0.0760. The number of furan rings is 1. The summed E-state index contributed by atoms with van der Waals surface area (Å²) in [6, 6.07) is 8.72. The third kappa shape index (κ3) is 4.81. The van der Waals surface area contributed by atoms with Crippen molar-refractivity contribution in [1.82, 2.24) is 9.80 Å². The summed E-state index contributed by atoms with van der Waals surface area (Å²) < 4.78 is 5.14. The van der Waals surface area contributed by atoms with Gasteiger partial charge in [0.1, 0.15) is 0 Å². The minimum atomic E-state index is -0.322. The van der Waals surface area contributed by atoms with Crippen LogP contribution in [0.2, 0.25) is 0 Å². The van der Waals surface area contributed by atoms with Crippen molar-refractivity contribution in [2.24, 2.45) is 5.92 Å². The van der Waals surface area contributed by atoms with Crippen molar-refractivity contribution < 1.29 is 14.0 Å². The lowest BCUT2D eigenvalue weighted by atomic mass is 10.0. The summed E-state index contributed by atoms with van der Waals surface area (Å²) in [5.41, 5.74) is 2.04. The predicted molar refractivity (Wildman–Crippen MR) is 110 cm³/mol. The van der Waals surface area contributed by atoms with Crippen molar-refractivity contribution in [3.63, 3.8) is 0 Å². The van der Waals surface area contributed by atoms with Crippen molar-refractivity contribution in [2.75, 3.05) is 38.0 Å². The Kier molecular flexibility index (Phi) is 6.52. The minimum absolute atomic E-state index is 0.0259. The molecule has 0 aliphatic carbocycles. The fraction of sp³-hybridized carbons (Fsp3) is 0.455. The Morgan fingerprint density at radius 1 is 1.11 bits per heavy atom. The Morgan fingerprint density at radius 2 is 1.93 bits per heavy atom. The molecular weight excluding hydrogens is 354 g/mol. The van der Waals surface area contributed by atoms with Crippen LogP contribution in [-0.2, 0) is 0 Å². The maximum Gasteiger partial charge on any atom is 0.291 e. The van der Waals surface area contributed by atoms with Crippen LogP contribution in [0.1, 0.15) is 46.7 Å². The first-order chi connectivity index (χ1) is 13.5. The number of nitrogens with one attached hydrogen (secondary N) is 1. The molecule has 150 valence electrons. The van der Waals surface area contributed by atoms with E-state index in [2.05, 4.69) is 24.1 Å². The van der Waals surface area contributed by atoms with E-state index in [-0.39, 0.29) is 17.6 Å². The lowest BCUT2D eigenvalue weighted by Gasteiger charge is -2.24. The Morgan fingerprint density at radius 3 is 2.64 bits per heavy atom. The van der Waals surface area contributed by atoms with Gasteiger partial charge >= 0.3 is 0 Å². The maximum absolute atomic E-state index is 13.1. The van der Waals surface area contributed by atoms with Crippen LogP contribution in [0.15, 0.2) is 41.0 Å². The number of nitrogens with zero attached hydrogens (tertiary/aromatic N) is 2. The molecule has 1 aliphatic rings. The quantitative estimate of drug-likeness (QED) is 0.856. The number of benzene rings is 1. The second-order valence-corrected chi connectivity index (χ2v) is 7.75. The largest absolute Gasteiger partial charge is 0.459 e. The van der Waals surface area contributed by atoms with E-state index < -0.39 is 0 Å². The molecular formula is C22H29N3O3. The summed E-state index contributed by atoms with van der Waals surface area (Å²) in [5, 5.41) is 2.84. The van der Waals surface area contributed by atoms with Gasteiger partial charge in [-0.3, -0.25) is 9.59 Å².